The number of carbonyl (C=O) groups is 1. The van der Waals surface area contributed by atoms with E-state index in [-0.39, 0.29) is 31.5 Å². The molecule has 0 spiro atoms. The predicted molar refractivity (Wildman–Crippen MR) is 130 cm³/mol. The molecular weight excluding hydrogens is 450 g/mol. The van der Waals surface area contributed by atoms with Gasteiger partial charge in [-0.2, -0.15) is 4.98 Å². The number of hydrogen-bond acceptors (Lipinski definition) is 7. The number of nitrogens with zero attached hydrogens (tertiary/aromatic N) is 3. The van der Waals surface area contributed by atoms with Gasteiger partial charge in [-0.25, -0.2) is 0 Å². The summed E-state index contributed by atoms with van der Waals surface area (Å²) < 4.78 is 61.8. The molecule has 2 aromatic carbocycles. The van der Waals surface area contributed by atoms with Gasteiger partial charge in [0.25, 0.3) is 11.5 Å². The number of ether oxygens (including phenoxy) is 3. The van der Waals surface area contributed by atoms with E-state index in [0.29, 0.717) is 13.0 Å². The van der Waals surface area contributed by atoms with Crippen LogP contribution in [0.1, 0.15) is 49.2 Å². The van der Waals surface area contributed by atoms with Crippen molar-refractivity contribution >= 4 is 5.91 Å². The SMILES string of the molecule is [2H]C([2H])([2H])Oc1cccc(OC([2H])([2H])[2H])c1-n1c(COCC)nc(O)c(C(=O)N2CC[C@@H](c3ccccc3)C2)c1=O. The molecule has 1 aliphatic rings. The van der Waals surface area contributed by atoms with E-state index < -0.39 is 54.2 Å². The number of hydrogen-bond donors (Lipinski definition) is 1. The standard InChI is InChI=1S/C26H29N3O6/c1-4-35-16-21-27-24(30)22(25(31)28-14-13-18(15-28)17-9-6-5-7-10-17)26(32)29(21)23-19(33-2)11-8-12-20(23)34-3/h5-12,18,30H,4,13-16H2,1-3H3/t18-/m1/s1/i2D3,3D3. The number of methoxy groups -OCH3 is 2. The highest BCUT2D eigenvalue weighted by molar-refractivity contribution is 5.96. The third kappa shape index (κ3) is 4.72. The van der Waals surface area contributed by atoms with Crippen LogP contribution in [-0.2, 0) is 11.3 Å². The quantitative estimate of drug-likeness (QED) is 0.523. The van der Waals surface area contributed by atoms with Gasteiger partial charge < -0.3 is 24.2 Å². The highest BCUT2D eigenvalue weighted by atomic mass is 16.5. The molecule has 0 bridgehead atoms. The van der Waals surface area contributed by atoms with Crippen molar-refractivity contribution in [3.63, 3.8) is 0 Å². The third-order valence-electron chi connectivity index (χ3n) is 5.93. The zero-order valence-electron chi connectivity index (χ0n) is 25.1. The number of para-hydroxylation sites is 1. The van der Waals surface area contributed by atoms with Crippen LogP contribution in [0.4, 0.5) is 0 Å². The summed E-state index contributed by atoms with van der Waals surface area (Å²) in [5, 5.41) is 10.8. The molecule has 9 heteroatoms. The summed E-state index contributed by atoms with van der Waals surface area (Å²) >= 11 is 0. The van der Waals surface area contributed by atoms with Gasteiger partial charge in [-0.3, -0.25) is 14.2 Å². The minimum absolute atomic E-state index is 0.0161. The van der Waals surface area contributed by atoms with E-state index in [0.717, 1.165) is 10.1 Å². The van der Waals surface area contributed by atoms with Gasteiger partial charge in [0.05, 0.1) is 22.3 Å². The molecule has 1 amide bonds. The molecule has 0 aliphatic carbocycles. The van der Waals surface area contributed by atoms with Crippen molar-refractivity contribution in [2.24, 2.45) is 0 Å². The molecular formula is C26H29N3O6. The summed E-state index contributed by atoms with van der Waals surface area (Å²) in [7, 11) is -6.00. The largest absolute Gasteiger partial charge is 0.494 e. The number of rotatable bonds is 8. The van der Waals surface area contributed by atoms with Gasteiger partial charge >= 0.3 is 0 Å². The molecule has 1 aliphatic heterocycles. The molecule has 1 N–H and O–H groups in total. The Hall–Kier alpha value is -3.85. The molecule has 3 aromatic rings. The lowest BCUT2D eigenvalue weighted by molar-refractivity contribution is 0.0783. The maximum absolute atomic E-state index is 14.0. The molecule has 0 saturated carbocycles. The summed E-state index contributed by atoms with van der Waals surface area (Å²) in [6.45, 7) is 2.09. The second-order valence-corrected chi connectivity index (χ2v) is 7.96. The molecule has 1 aromatic heterocycles. The average Bonchev–Trinajstić information content (AvgIpc) is 3.37. The number of aromatic hydroxyl groups is 1. The number of carbonyl (C=O) groups excluding carboxylic acids is 1. The van der Waals surface area contributed by atoms with E-state index in [1.54, 1.807) is 6.92 Å². The van der Waals surface area contributed by atoms with E-state index >= 15 is 0 Å². The molecule has 35 heavy (non-hydrogen) atoms. The third-order valence-corrected chi connectivity index (χ3v) is 5.93. The lowest BCUT2D eigenvalue weighted by atomic mass is 9.99. The predicted octanol–water partition coefficient (Wildman–Crippen LogP) is 3.12. The van der Waals surface area contributed by atoms with E-state index in [1.165, 1.54) is 23.1 Å². The van der Waals surface area contributed by atoms with Crippen LogP contribution >= 0.6 is 0 Å². The minimum atomic E-state index is -3.00. The van der Waals surface area contributed by atoms with Crippen LogP contribution < -0.4 is 15.0 Å². The van der Waals surface area contributed by atoms with Gasteiger partial charge in [-0.05, 0) is 31.0 Å². The Balaban J connectivity index is 1.88. The minimum Gasteiger partial charge on any atom is -0.494 e. The van der Waals surface area contributed by atoms with Crippen LogP contribution in [0, 0.1) is 0 Å². The molecule has 2 heterocycles. The fourth-order valence-corrected chi connectivity index (χ4v) is 4.25. The first-order valence-electron chi connectivity index (χ1n) is 14.1. The summed E-state index contributed by atoms with van der Waals surface area (Å²) in [5.41, 5.74) is -1.17. The summed E-state index contributed by atoms with van der Waals surface area (Å²) in [5.74, 6) is -2.75. The molecule has 1 fully saturated rings. The van der Waals surface area contributed by atoms with Crippen molar-refractivity contribution in [3.8, 4) is 23.1 Å². The Morgan fingerprint density at radius 1 is 1.14 bits per heavy atom. The number of amides is 1. The van der Waals surface area contributed by atoms with Crippen LogP contribution in [0.3, 0.4) is 0 Å². The van der Waals surface area contributed by atoms with E-state index in [4.69, 9.17) is 22.4 Å². The van der Waals surface area contributed by atoms with Gasteiger partial charge in [0.15, 0.2) is 5.56 Å². The molecule has 1 atom stereocenters. The molecule has 4 rings (SSSR count). The maximum Gasteiger partial charge on any atom is 0.275 e. The van der Waals surface area contributed by atoms with Crippen LogP contribution in [0.25, 0.3) is 5.69 Å². The van der Waals surface area contributed by atoms with Crippen molar-refractivity contribution in [3.05, 3.63) is 75.8 Å². The summed E-state index contributed by atoms with van der Waals surface area (Å²) in [6.07, 6.45) is 0.631. The molecule has 0 unspecified atom stereocenters. The van der Waals surface area contributed by atoms with Crippen LogP contribution in [-0.4, -0.2) is 59.2 Å². The van der Waals surface area contributed by atoms with E-state index in [2.05, 4.69) is 4.98 Å². The number of benzene rings is 2. The molecule has 0 radical (unpaired) electrons. The van der Waals surface area contributed by atoms with Gasteiger partial charge in [0.2, 0.25) is 5.88 Å². The summed E-state index contributed by atoms with van der Waals surface area (Å²) in [4.78, 5) is 33.1. The Morgan fingerprint density at radius 2 is 1.86 bits per heavy atom. The highest BCUT2D eigenvalue weighted by Gasteiger charge is 2.33. The highest BCUT2D eigenvalue weighted by Crippen LogP contribution is 2.33. The van der Waals surface area contributed by atoms with Crippen LogP contribution in [0.2, 0.25) is 0 Å². The van der Waals surface area contributed by atoms with Crippen LogP contribution in [0.5, 0.6) is 17.4 Å². The van der Waals surface area contributed by atoms with E-state index in [1.807, 2.05) is 30.3 Å². The first-order valence-corrected chi connectivity index (χ1v) is 11.1. The van der Waals surface area contributed by atoms with Gasteiger partial charge in [0, 0.05) is 25.6 Å². The van der Waals surface area contributed by atoms with Crippen molar-refractivity contribution in [1.29, 1.82) is 0 Å². The van der Waals surface area contributed by atoms with E-state index in [9.17, 15) is 14.7 Å². The second kappa shape index (κ2) is 10.6. The number of likely N-dealkylation sites (tertiary alicyclic amines) is 1. The van der Waals surface area contributed by atoms with Crippen molar-refractivity contribution < 1.29 is 32.3 Å². The Bertz CT molecular complexity index is 1420. The average molecular weight is 486 g/mol. The fourth-order valence-electron chi connectivity index (χ4n) is 4.25. The lowest BCUT2D eigenvalue weighted by Crippen LogP contribution is -2.37. The Kier molecular flexibility index (Phi) is 5.32. The summed E-state index contributed by atoms with van der Waals surface area (Å²) in [6, 6.07) is 13.2. The fraction of sp³-hybridized carbons (Fsp3) is 0.346. The van der Waals surface area contributed by atoms with Crippen molar-refractivity contribution in [1.82, 2.24) is 14.5 Å². The van der Waals surface area contributed by atoms with Crippen molar-refractivity contribution in [2.45, 2.75) is 25.9 Å². The topological polar surface area (TPSA) is 103 Å². The smallest absolute Gasteiger partial charge is 0.275 e. The van der Waals surface area contributed by atoms with Crippen molar-refractivity contribution in [2.75, 3.05) is 33.8 Å². The van der Waals surface area contributed by atoms with Gasteiger partial charge in [-0.15, -0.1) is 0 Å². The zero-order valence-corrected chi connectivity index (χ0v) is 19.1. The zero-order chi connectivity index (χ0) is 29.9. The van der Waals surface area contributed by atoms with Crippen LogP contribution in [0.15, 0.2) is 53.3 Å². The molecule has 9 nitrogen and oxygen atoms in total. The normalized spacial score (nSPS) is 18.5. The first-order chi connectivity index (χ1) is 19.3. The molecule has 184 valence electrons. The Morgan fingerprint density at radius 3 is 2.51 bits per heavy atom. The van der Waals surface area contributed by atoms with Gasteiger partial charge in [0.1, 0.15) is 29.6 Å². The molecule has 1 saturated heterocycles. The second-order valence-electron chi connectivity index (χ2n) is 7.96. The lowest BCUT2D eigenvalue weighted by Gasteiger charge is -2.21. The first kappa shape index (κ1) is 17.6. The monoisotopic (exact) mass is 485 g/mol. The number of aromatic nitrogens is 2. The maximum atomic E-state index is 14.0. The Labute approximate surface area is 211 Å². The van der Waals surface area contributed by atoms with Gasteiger partial charge in [-0.1, -0.05) is 36.4 Å².